The maximum absolute atomic E-state index is 11.3. The van der Waals surface area contributed by atoms with Crippen LogP contribution >= 0.6 is 7.82 Å². The topological polar surface area (TPSA) is 402 Å². The van der Waals surface area contributed by atoms with E-state index in [9.17, 15) is 73.0 Å². The number of phosphoric acid groups is 1. The van der Waals surface area contributed by atoms with Crippen molar-refractivity contribution in [2.75, 3.05) is 26.4 Å². The van der Waals surface area contributed by atoms with E-state index in [1.54, 1.807) is 0 Å². The van der Waals surface area contributed by atoms with Crippen molar-refractivity contribution in [2.24, 2.45) is 5.73 Å². The zero-order valence-corrected chi connectivity index (χ0v) is 36.8. The Labute approximate surface area is 372 Å². The van der Waals surface area contributed by atoms with Gasteiger partial charge in [0.05, 0.1) is 46.3 Å². The van der Waals surface area contributed by atoms with E-state index in [1.165, 1.54) is 0 Å². The molecule has 15 atom stereocenters. The van der Waals surface area contributed by atoms with Crippen molar-refractivity contribution in [2.45, 2.75) is 92.1 Å². The van der Waals surface area contributed by atoms with Crippen molar-refractivity contribution in [3.8, 4) is 0 Å². The second kappa shape index (κ2) is 24.0. The molecule has 0 spiro atoms. The molecule has 0 saturated carbocycles. The van der Waals surface area contributed by atoms with Crippen LogP contribution in [0.4, 0.5) is 0 Å². The Kier molecular flexibility index (Phi) is 26.4. The van der Waals surface area contributed by atoms with Gasteiger partial charge in [-0.15, -0.1) is 0 Å². The van der Waals surface area contributed by atoms with Gasteiger partial charge in [0, 0.05) is 0 Å². The Morgan fingerprint density at radius 1 is 0.840 bits per heavy atom. The van der Waals surface area contributed by atoms with Crippen LogP contribution in [0.1, 0.15) is 0 Å². The second-order valence-corrected chi connectivity index (χ2v) is 12.3. The molecule has 0 aromatic carbocycles. The minimum Gasteiger partial charge on any atom is -0.790 e. The number of phosphoric ester groups is 1. The zero-order chi connectivity index (χ0) is 34.7. The molecule has 3 rings (SSSR count). The van der Waals surface area contributed by atoms with Crippen LogP contribution in [-0.2, 0) is 56.9 Å². The predicted octanol–water partition coefficient (Wildman–Crippen LogP) is -22.5. The molecule has 3 heterocycles. The summed E-state index contributed by atoms with van der Waals surface area (Å²) in [5.41, 5.74) is 5.25. The molecule has 0 radical (unpaired) electrons. The number of nitrogens with two attached hydrogens (primary N) is 1. The summed E-state index contributed by atoms with van der Waals surface area (Å²) in [5, 5.41) is 83.1. The van der Waals surface area contributed by atoms with Gasteiger partial charge >= 0.3 is 118 Å². The van der Waals surface area contributed by atoms with Crippen LogP contribution in [0.3, 0.4) is 0 Å². The first-order chi connectivity index (χ1) is 21.2. The third-order valence-electron chi connectivity index (χ3n) is 6.87. The van der Waals surface area contributed by atoms with E-state index >= 15 is 0 Å². The standard InChI is InChI=1S/C20H36NO23PS.4Na/c21-5(17(29)30)2-37-20-16(44-45(31,32)33)11(25)7(3-38-20)41-19-14(28)15(10(24)8(42-19)4-39-46(34,35)36)43-18-13(27)12(26)9(23)6(1-22)40-18;;;;/h5-16,18-20,22-28H,1-4,21H2,(H,29,30)(H2,31,32,33)(H,34,35,36);;;;/q;4*+1/p-4/t5-,6+,7+,8+,9-,10-,11-,12-,13+,14+,15-,16+,18-,19+,20+;;;;/m0..../s1. The first-order valence-electron chi connectivity index (χ1n) is 13.1. The van der Waals surface area contributed by atoms with Crippen LogP contribution in [0.2, 0.25) is 0 Å². The number of carboxylic acids is 1. The molecule has 9 N–H and O–H groups in total. The molecule has 0 bridgehead atoms. The number of hydrogen-bond donors (Lipinski definition) is 8. The SMILES string of the molecule is N[C@@H](CO[C@@H]1OC[C@@H](O[C@@H]2O[C@H](COS(=O)(=O)[O-])[C@H](O)[C@H](O[C@@H]3O[C@H](CO)[C@H](O)[C@H](O)[C@H]3O)[C@H]2O)[C@H](O)[C@H]1OP(=O)([O-])[O-])C(=O)[O-].[Na+].[Na+].[Na+].[Na+]. The van der Waals surface area contributed by atoms with Gasteiger partial charge in [0.15, 0.2) is 18.9 Å². The number of aliphatic hydroxyl groups is 7. The number of carboxylic acid groups (broad SMARTS) is 1. The smallest absolute Gasteiger partial charge is 0.790 e. The van der Waals surface area contributed by atoms with Gasteiger partial charge in [0.25, 0.3) is 0 Å². The molecule has 30 heteroatoms. The van der Waals surface area contributed by atoms with E-state index in [1.807, 2.05) is 0 Å². The summed E-state index contributed by atoms with van der Waals surface area (Å²) in [4.78, 5) is 33.5. The number of ether oxygens (including phenoxy) is 6. The molecule has 3 aliphatic rings. The summed E-state index contributed by atoms with van der Waals surface area (Å²) < 4.78 is 84.3. The zero-order valence-electron chi connectivity index (χ0n) is 27.1. The van der Waals surface area contributed by atoms with Crippen LogP contribution in [0, 0.1) is 0 Å². The second-order valence-electron chi connectivity index (χ2n) is 10.2. The average molecular weight is 809 g/mol. The van der Waals surface area contributed by atoms with Crippen molar-refractivity contribution < 1.29 is 228 Å². The fourth-order valence-electron chi connectivity index (χ4n) is 4.52. The summed E-state index contributed by atoms with van der Waals surface area (Å²) in [7, 11) is -11.3. The third kappa shape index (κ3) is 15.7. The van der Waals surface area contributed by atoms with Crippen molar-refractivity contribution in [3.05, 3.63) is 0 Å². The van der Waals surface area contributed by atoms with Crippen LogP contribution in [0.15, 0.2) is 0 Å². The summed E-state index contributed by atoms with van der Waals surface area (Å²) in [6.45, 7) is -3.82. The molecule has 0 aromatic heterocycles. The van der Waals surface area contributed by atoms with Crippen LogP contribution in [0.25, 0.3) is 0 Å². The van der Waals surface area contributed by atoms with Crippen LogP contribution in [0.5, 0.6) is 0 Å². The Hall–Kier alpha value is 2.89. The van der Waals surface area contributed by atoms with Gasteiger partial charge < -0.3 is 103 Å². The van der Waals surface area contributed by atoms with Crippen LogP contribution < -0.4 is 139 Å². The van der Waals surface area contributed by atoms with Gasteiger partial charge in [0.1, 0.15) is 67.1 Å². The molecular weight excluding hydrogens is 777 g/mol. The number of carbonyl (C=O) groups excluding carboxylic acids is 1. The molecule has 24 nitrogen and oxygen atoms in total. The van der Waals surface area contributed by atoms with Gasteiger partial charge in [-0.2, -0.15) is 0 Å². The fraction of sp³-hybridized carbons (Fsp3) is 0.950. The first-order valence-corrected chi connectivity index (χ1v) is 15.8. The first kappa shape index (κ1) is 55.0. The average Bonchev–Trinajstić information content (AvgIpc) is 2.95. The Balaban J connectivity index is 0. The summed E-state index contributed by atoms with van der Waals surface area (Å²) in [6, 6.07) is -1.77. The molecule has 0 unspecified atom stereocenters. The molecule has 0 aliphatic carbocycles. The minimum atomic E-state index is -5.92. The third-order valence-corrected chi connectivity index (χ3v) is 7.80. The largest absolute Gasteiger partial charge is 1.00 e. The van der Waals surface area contributed by atoms with E-state index in [2.05, 4.69) is 8.71 Å². The monoisotopic (exact) mass is 809 g/mol. The molecule has 270 valence electrons. The van der Waals surface area contributed by atoms with Crippen molar-refractivity contribution in [1.29, 1.82) is 0 Å². The van der Waals surface area contributed by atoms with Gasteiger partial charge in [-0.1, -0.05) is 0 Å². The minimum absolute atomic E-state index is 0. The summed E-state index contributed by atoms with van der Waals surface area (Å²) in [6.07, 6.45) is -28.1. The van der Waals surface area contributed by atoms with E-state index in [4.69, 9.17) is 34.2 Å². The molecule has 3 saturated heterocycles. The van der Waals surface area contributed by atoms with E-state index in [-0.39, 0.29) is 118 Å². The van der Waals surface area contributed by atoms with E-state index < -0.39 is 143 Å². The van der Waals surface area contributed by atoms with Crippen LogP contribution in [-0.4, -0.2) is 173 Å². The fourth-order valence-corrected chi connectivity index (χ4v) is 5.34. The van der Waals surface area contributed by atoms with Gasteiger partial charge in [0.2, 0.25) is 10.4 Å². The van der Waals surface area contributed by atoms with Crippen molar-refractivity contribution in [1.82, 2.24) is 0 Å². The molecule has 3 aliphatic heterocycles. The molecule has 50 heavy (non-hydrogen) atoms. The van der Waals surface area contributed by atoms with Gasteiger partial charge in [-0.25, -0.2) is 8.42 Å². The number of carbonyl (C=O) groups is 1. The van der Waals surface area contributed by atoms with Crippen molar-refractivity contribution >= 4 is 24.2 Å². The normalized spacial score (nSPS) is 38.3. The van der Waals surface area contributed by atoms with Crippen molar-refractivity contribution in [3.63, 3.8) is 0 Å². The van der Waals surface area contributed by atoms with Gasteiger partial charge in [-0.05, 0) is 0 Å². The Morgan fingerprint density at radius 2 is 1.40 bits per heavy atom. The van der Waals surface area contributed by atoms with E-state index in [0.29, 0.717) is 0 Å². The number of aliphatic carboxylic acids is 1. The molecule has 3 fully saturated rings. The number of rotatable bonds is 14. The molecule has 0 amide bonds. The molecule has 0 aromatic rings. The quantitative estimate of drug-likeness (QED) is 0.0349. The Bertz CT molecular complexity index is 1180. The predicted molar refractivity (Wildman–Crippen MR) is 127 cm³/mol. The molecular formula is C20H32NNa4O23PS. The maximum Gasteiger partial charge on any atom is 1.00 e. The maximum atomic E-state index is 11.3. The summed E-state index contributed by atoms with van der Waals surface area (Å²) >= 11 is 0. The van der Waals surface area contributed by atoms with Gasteiger partial charge in [-0.3, -0.25) is 4.18 Å². The Morgan fingerprint density at radius 3 is 1.92 bits per heavy atom. The number of aliphatic hydroxyl groups excluding tert-OH is 7. The number of hydrogen-bond acceptors (Lipinski definition) is 24. The summed E-state index contributed by atoms with van der Waals surface area (Å²) in [5.74, 6) is -1.79. The van der Waals surface area contributed by atoms with E-state index in [0.717, 1.165) is 0 Å².